The molecule has 2 aromatic carbocycles. The number of benzene rings is 2. The molecule has 1 atom stereocenters. The Morgan fingerprint density at radius 1 is 1.04 bits per heavy atom. The fraction of sp³-hybridized carbons (Fsp3) is 0.261. The molecular formula is C23H23N3O2. The van der Waals surface area contributed by atoms with Gasteiger partial charge in [-0.25, -0.2) is 4.98 Å². The summed E-state index contributed by atoms with van der Waals surface area (Å²) < 4.78 is 5.86. The quantitative estimate of drug-likeness (QED) is 0.661. The molecule has 0 aliphatic carbocycles. The molecule has 2 heterocycles. The van der Waals surface area contributed by atoms with E-state index in [1.54, 1.807) is 18.6 Å². The van der Waals surface area contributed by atoms with Gasteiger partial charge in [0.2, 0.25) is 11.8 Å². The molecule has 1 aromatic heterocycles. The zero-order chi connectivity index (χ0) is 19.2. The maximum absolute atomic E-state index is 13.0. The number of hydrogen-bond acceptors (Lipinski definition) is 4. The molecule has 5 heteroatoms. The molecule has 4 rings (SSSR count). The van der Waals surface area contributed by atoms with E-state index in [4.69, 9.17) is 4.74 Å². The molecule has 3 aromatic rings. The summed E-state index contributed by atoms with van der Waals surface area (Å²) in [5, 5.41) is 0. The van der Waals surface area contributed by atoms with E-state index in [-0.39, 0.29) is 17.9 Å². The molecule has 0 saturated carbocycles. The number of aromatic nitrogens is 2. The molecule has 1 amide bonds. The largest absolute Gasteiger partial charge is 0.471 e. The van der Waals surface area contributed by atoms with Crippen LogP contribution in [0.5, 0.6) is 5.88 Å². The second kappa shape index (κ2) is 8.65. The smallest absolute Gasteiger partial charge is 0.232 e. The van der Waals surface area contributed by atoms with Crippen LogP contribution in [0, 0.1) is 0 Å². The molecule has 1 saturated heterocycles. The van der Waals surface area contributed by atoms with Crippen LogP contribution in [0.4, 0.5) is 0 Å². The Kier molecular flexibility index (Phi) is 5.61. The van der Waals surface area contributed by atoms with Gasteiger partial charge in [-0.3, -0.25) is 9.78 Å². The molecule has 1 unspecified atom stereocenters. The van der Waals surface area contributed by atoms with Crippen LogP contribution in [-0.4, -0.2) is 40.0 Å². The molecule has 0 N–H and O–H groups in total. The third-order valence-corrected chi connectivity index (χ3v) is 5.11. The fourth-order valence-electron chi connectivity index (χ4n) is 3.67. The Morgan fingerprint density at radius 3 is 2.32 bits per heavy atom. The molecule has 0 radical (unpaired) electrons. The Morgan fingerprint density at radius 2 is 1.71 bits per heavy atom. The first-order chi connectivity index (χ1) is 13.8. The zero-order valence-electron chi connectivity index (χ0n) is 15.6. The van der Waals surface area contributed by atoms with E-state index in [1.165, 1.54) is 0 Å². The molecule has 0 bridgehead atoms. The highest BCUT2D eigenvalue weighted by atomic mass is 16.5. The van der Waals surface area contributed by atoms with E-state index in [9.17, 15) is 4.79 Å². The Bertz CT molecular complexity index is 848. The second-order valence-corrected chi connectivity index (χ2v) is 6.99. The van der Waals surface area contributed by atoms with Gasteiger partial charge in [-0.2, -0.15) is 0 Å². The van der Waals surface area contributed by atoms with Crippen molar-refractivity contribution in [3.63, 3.8) is 0 Å². The van der Waals surface area contributed by atoms with Crippen LogP contribution in [0.25, 0.3) is 0 Å². The summed E-state index contributed by atoms with van der Waals surface area (Å²) in [5.41, 5.74) is 2.32. The minimum absolute atomic E-state index is 0.0347. The number of likely N-dealkylation sites (tertiary alicyclic amines) is 1. The second-order valence-electron chi connectivity index (χ2n) is 6.99. The molecule has 142 valence electrons. The van der Waals surface area contributed by atoms with Crippen molar-refractivity contribution in [2.75, 3.05) is 13.1 Å². The SMILES string of the molecule is O=C(CC(c1ccccc1)c1ccccc1)N1CCC(Oc2cnccn2)C1. The van der Waals surface area contributed by atoms with E-state index in [0.717, 1.165) is 17.5 Å². The summed E-state index contributed by atoms with van der Waals surface area (Å²) in [6.07, 6.45) is 6.05. The molecular weight excluding hydrogens is 350 g/mol. The van der Waals surface area contributed by atoms with Crippen LogP contribution < -0.4 is 4.74 Å². The minimum Gasteiger partial charge on any atom is -0.471 e. The van der Waals surface area contributed by atoms with E-state index >= 15 is 0 Å². The summed E-state index contributed by atoms with van der Waals surface area (Å²) >= 11 is 0. The lowest BCUT2D eigenvalue weighted by atomic mass is 9.88. The van der Waals surface area contributed by atoms with Crippen molar-refractivity contribution >= 4 is 5.91 Å². The zero-order valence-corrected chi connectivity index (χ0v) is 15.6. The van der Waals surface area contributed by atoms with Crippen LogP contribution in [0.1, 0.15) is 29.9 Å². The van der Waals surface area contributed by atoms with Crippen LogP contribution in [0.15, 0.2) is 79.3 Å². The van der Waals surface area contributed by atoms with E-state index in [2.05, 4.69) is 34.2 Å². The molecule has 28 heavy (non-hydrogen) atoms. The summed E-state index contributed by atoms with van der Waals surface area (Å²) in [7, 11) is 0. The van der Waals surface area contributed by atoms with Crippen LogP contribution in [0.2, 0.25) is 0 Å². The van der Waals surface area contributed by atoms with Gasteiger partial charge in [-0.15, -0.1) is 0 Å². The topological polar surface area (TPSA) is 55.3 Å². The van der Waals surface area contributed by atoms with Gasteiger partial charge >= 0.3 is 0 Å². The third-order valence-electron chi connectivity index (χ3n) is 5.11. The number of carbonyl (C=O) groups excluding carboxylic acids is 1. The molecule has 1 fully saturated rings. The minimum atomic E-state index is -0.0347. The maximum Gasteiger partial charge on any atom is 0.232 e. The number of amides is 1. The van der Waals surface area contributed by atoms with E-state index in [0.29, 0.717) is 25.4 Å². The standard InChI is InChI=1S/C23H23N3O2/c27-23(26-14-11-20(17-26)28-22-16-24-12-13-25-22)15-21(18-7-3-1-4-8-18)19-9-5-2-6-10-19/h1-10,12-13,16,20-21H,11,14-15,17H2. The van der Waals surface area contributed by atoms with Crippen molar-refractivity contribution in [3.8, 4) is 5.88 Å². The van der Waals surface area contributed by atoms with Gasteiger partial charge < -0.3 is 9.64 Å². The van der Waals surface area contributed by atoms with Crippen molar-refractivity contribution < 1.29 is 9.53 Å². The van der Waals surface area contributed by atoms with Gasteiger partial charge in [0.05, 0.1) is 12.7 Å². The predicted molar refractivity (Wildman–Crippen MR) is 107 cm³/mol. The number of carbonyl (C=O) groups is 1. The van der Waals surface area contributed by atoms with Gasteiger partial charge in [-0.05, 0) is 11.1 Å². The third kappa shape index (κ3) is 4.36. The van der Waals surface area contributed by atoms with Gasteiger partial charge in [-0.1, -0.05) is 60.7 Å². The first-order valence-corrected chi connectivity index (χ1v) is 9.60. The highest BCUT2D eigenvalue weighted by Crippen LogP contribution is 2.29. The first-order valence-electron chi connectivity index (χ1n) is 9.60. The Balaban J connectivity index is 1.43. The maximum atomic E-state index is 13.0. The highest BCUT2D eigenvalue weighted by molar-refractivity contribution is 5.78. The average molecular weight is 373 g/mol. The first kappa shape index (κ1) is 18.2. The summed E-state index contributed by atoms with van der Waals surface area (Å²) in [6, 6.07) is 20.5. The fourth-order valence-corrected chi connectivity index (χ4v) is 3.67. The van der Waals surface area contributed by atoms with Gasteiger partial charge in [0.15, 0.2) is 0 Å². The van der Waals surface area contributed by atoms with E-state index < -0.39 is 0 Å². The van der Waals surface area contributed by atoms with Crippen LogP contribution >= 0.6 is 0 Å². The number of ether oxygens (including phenoxy) is 1. The van der Waals surface area contributed by atoms with Crippen molar-refractivity contribution in [1.29, 1.82) is 0 Å². The van der Waals surface area contributed by atoms with Crippen molar-refractivity contribution in [3.05, 3.63) is 90.4 Å². The number of rotatable bonds is 6. The van der Waals surface area contributed by atoms with Gasteiger partial charge in [0, 0.05) is 37.7 Å². The lowest BCUT2D eigenvalue weighted by Gasteiger charge is -2.22. The number of nitrogens with zero attached hydrogens (tertiary/aromatic N) is 3. The van der Waals surface area contributed by atoms with Crippen LogP contribution in [0.3, 0.4) is 0 Å². The lowest BCUT2D eigenvalue weighted by Crippen LogP contribution is -2.32. The average Bonchev–Trinajstić information content (AvgIpc) is 3.22. The van der Waals surface area contributed by atoms with E-state index in [1.807, 2.05) is 41.3 Å². The lowest BCUT2D eigenvalue weighted by molar-refractivity contribution is -0.130. The number of hydrogen-bond donors (Lipinski definition) is 0. The summed E-state index contributed by atoms with van der Waals surface area (Å²) in [4.78, 5) is 23.1. The monoisotopic (exact) mass is 373 g/mol. The molecule has 0 spiro atoms. The van der Waals surface area contributed by atoms with Crippen molar-refractivity contribution in [2.24, 2.45) is 0 Å². The van der Waals surface area contributed by atoms with Gasteiger partial charge in [0.25, 0.3) is 0 Å². The molecule has 1 aliphatic rings. The Labute approximate surface area is 165 Å². The Hall–Kier alpha value is -3.21. The van der Waals surface area contributed by atoms with Crippen LogP contribution in [-0.2, 0) is 4.79 Å². The van der Waals surface area contributed by atoms with Gasteiger partial charge in [0.1, 0.15) is 6.10 Å². The van der Waals surface area contributed by atoms with Crippen molar-refractivity contribution in [2.45, 2.75) is 24.9 Å². The molecule has 1 aliphatic heterocycles. The summed E-state index contributed by atoms with van der Waals surface area (Å²) in [5.74, 6) is 0.714. The summed E-state index contributed by atoms with van der Waals surface area (Å²) in [6.45, 7) is 1.30. The normalized spacial score (nSPS) is 16.3. The highest BCUT2D eigenvalue weighted by Gasteiger charge is 2.30. The van der Waals surface area contributed by atoms with Crippen molar-refractivity contribution in [1.82, 2.24) is 14.9 Å². The molecule has 5 nitrogen and oxygen atoms in total. The predicted octanol–water partition coefficient (Wildman–Crippen LogP) is 3.68.